The van der Waals surface area contributed by atoms with Gasteiger partial charge in [0.15, 0.2) is 5.75 Å². The van der Waals surface area contributed by atoms with Crippen molar-refractivity contribution >= 4 is 29.9 Å². The van der Waals surface area contributed by atoms with Crippen molar-refractivity contribution in [2.45, 2.75) is 13.8 Å². The SMILES string of the molecule is CCN(CC)C(=O)/C(=C/c1cc(OC(=O)N(C)C)c(OC(=O)N(C)C)c([N+](=O)[O-])c1)N=[N+]=[N-]. The van der Waals surface area contributed by atoms with Gasteiger partial charge in [-0.1, -0.05) is 5.11 Å². The number of hydrogen-bond acceptors (Lipinski definition) is 8. The van der Waals surface area contributed by atoms with Gasteiger partial charge in [-0.3, -0.25) is 14.9 Å². The Hall–Kier alpha value is -4.32. The van der Waals surface area contributed by atoms with Gasteiger partial charge in [-0.05, 0) is 37.1 Å². The first-order valence-electron chi connectivity index (χ1n) is 9.63. The lowest BCUT2D eigenvalue weighted by Crippen LogP contribution is -2.31. The molecular formula is C19H25N7O7. The molecule has 1 rings (SSSR count). The van der Waals surface area contributed by atoms with Crippen molar-refractivity contribution in [2.24, 2.45) is 5.11 Å². The molecule has 0 atom stereocenters. The maximum absolute atomic E-state index is 12.7. The summed E-state index contributed by atoms with van der Waals surface area (Å²) < 4.78 is 10.2. The number of amides is 3. The molecule has 1 aromatic carbocycles. The van der Waals surface area contributed by atoms with Crippen LogP contribution in [0.5, 0.6) is 11.5 Å². The summed E-state index contributed by atoms with van der Waals surface area (Å²) >= 11 is 0. The van der Waals surface area contributed by atoms with E-state index in [-0.39, 0.29) is 11.3 Å². The fraction of sp³-hybridized carbons (Fsp3) is 0.421. The zero-order valence-electron chi connectivity index (χ0n) is 19.1. The summed E-state index contributed by atoms with van der Waals surface area (Å²) in [5, 5.41) is 15.1. The van der Waals surface area contributed by atoms with E-state index in [1.807, 2.05) is 0 Å². The largest absolute Gasteiger partial charge is 0.415 e. The van der Waals surface area contributed by atoms with E-state index < -0.39 is 40.2 Å². The lowest BCUT2D eigenvalue weighted by Gasteiger charge is -2.19. The molecule has 3 amide bonds. The lowest BCUT2D eigenvalue weighted by molar-refractivity contribution is -0.385. The number of nitro groups is 1. The molecule has 0 spiro atoms. The van der Waals surface area contributed by atoms with E-state index in [0.29, 0.717) is 13.1 Å². The molecule has 0 radical (unpaired) electrons. The molecule has 33 heavy (non-hydrogen) atoms. The first-order valence-corrected chi connectivity index (χ1v) is 9.63. The third-order valence-electron chi connectivity index (χ3n) is 4.10. The molecule has 0 fully saturated rings. The topological polar surface area (TPSA) is 171 Å². The lowest BCUT2D eigenvalue weighted by atomic mass is 10.1. The zero-order chi connectivity index (χ0) is 25.3. The van der Waals surface area contributed by atoms with Crippen LogP contribution in [0.1, 0.15) is 19.4 Å². The van der Waals surface area contributed by atoms with Gasteiger partial charge in [-0.15, -0.1) is 0 Å². The maximum atomic E-state index is 12.7. The summed E-state index contributed by atoms with van der Waals surface area (Å²) in [6, 6.07) is 2.14. The van der Waals surface area contributed by atoms with Crippen molar-refractivity contribution in [3.05, 3.63) is 44.0 Å². The van der Waals surface area contributed by atoms with Crippen LogP contribution in [0.25, 0.3) is 16.5 Å². The van der Waals surface area contributed by atoms with Crippen LogP contribution in [0.15, 0.2) is 22.9 Å². The van der Waals surface area contributed by atoms with Gasteiger partial charge in [-0.2, -0.15) is 0 Å². The highest BCUT2D eigenvalue weighted by molar-refractivity contribution is 5.97. The molecule has 0 saturated carbocycles. The Bertz CT molecular complexity index is 1010. The monoisotopic (exact) mass is 463 g/mol. The summed E-state index contributed by atoms with van der Waals surface area (Å²) in [5.41, 5.74) is 7.81. The number of carbonyl (C=O) groups is 3. The number of benzene rings is 1. The van der Waals surface area contributed by atoms with Gasteiger partial charge in [0.25, 0.3) is 11.7 Å². The van der Waals surface area contributed by atoms with Gasteiger partial charge in [0, 0.05) is 52.3 Å². The third-order valence-corrected chi connectivity index (χ3v) is 4.10. The molecule has 1 aromatic rings. The van der Waals surface area contributed by atoms with Gasteiger partial charge in [-0.25, -0.2) is 9.59 Å². The Kier molecular flexibility index (Phi) is 9.64. The predicted octanol–water partition coefficient (Wildman–Crippen LogP) is 3.24. The molecule has 14 nitrogen and oxygen atoms in total. The van der Waals surface area contributed by atoms with Crippen LogP contribution in [0.4, 0.5) is 15.3 Å². The first-order chi connectivity index (χ1) is 15.5. The van der Waals surface area contributed by atoms with Crippen molar-refractivity contribution in [3.63, 3.8) is 0 Å². The Morgan fingerprint density at radius 2 is 1.64 bits per heavy atom. The highest BCUT2D eigenvalue weighted by Crippen LogP contribution is 2.40. The van der Waals surface area contributed by atoms with E-state index in [2.05, 4.69) is 10.0 Å². The number of nitro benzene ring substituents is 1. The number of hydrogen-bond donors (Lipinski definition) is 0. The number of rotatable bonds is 8. The molecule has 0 aliphatic carbocycles. The van der Waals surface area contributed by atoms with Gasteiger partial charge >= 0.3 is 17.9 Å². The highest BCUT2D eigenvalue weighted by atomic mass is 16.6. The minimum Gasteiger partial charge on any atom is -0.406 e. The van der Waals surface area contributed by atoms with Crippen molar-refractivity contribution in [2.75, 3.05) is 41.3 Å². The second-order valence-electron chi connectivity index (χ2n) is 6.85. The number of likely N-dealkylation sites (N-methyl/N-ethyl adjacent to an activating group) is 1. The van der Waals surface area contributed by atoms with Crippen LogP contribution < -0.4 is 9.47 Å². The molecule has 0 N–H and O–H groups in total. The number of nitrogens with zero attached hydrogens (tertiary/aromatic N) is 7. The number of carbonyl (C=O) groups excluding carboxylic acids is 3. The smallest absolute Gasteiger partial charge is 0.406 e. The Morgan fingerprint density at radius 3 is 2.09 bits per heavy atom. The van der Waals surface area contributed by atoms with Crippen molar-refractivity contribution in [1.29, 1.82) is 0 Å². The van der Waals surface area contributed by atoms with Gasteiger partial charge in [0.1, 0.15) is 5.70 Å². The van der Waals surface area contributed by atoms with Crippen molar-refractivity contribution in [1.82, 2.24) is 14.7 Å². The molecular weight excluding hydrogens is 438 g/mol. The molecule has 0 aromatic heterocycles. The average Bonchev–Trinajstić information content (AvgIpc) is 2.75. The van der Waals surface area contributed by atoms with E-state index in [1.54, 1.807) is 13.8 Å². The third kappa shape index (κ3) is 7.11. The minimum atomic E-state index is -0.949. The quantitative estimate of drug-likeness (QED) is 0.142. The summed E-state index contributed by atoms with van der Waals surface area (Å²) in [5.74, 6) is -1.65. The van der Waals surface area contributed by atoms with Crippen LogP contribution in [0, 0.1) is 10.1 Å². The van der Waals surface area contributed by atoms with E-state index in [1.165, 1.54) is 33.1 Å². The van der Waals surface area contributed by atoms with Gasteiger partial charge in [0.2, 0.25) is 0 Å². The summed E-state index contributed by atoms with van der Waals surface area (Å²) in [7, 11) is 5.49. The molecule has 0 saturated heterocycles. The first kappa shape index (κ1) is 26.7. The van der Waals surface area contributed by atoms with Crippen LogP contribution >= 0.6 is 0 Å². The van der Waals surface area contributed by atoms with Crippen LogP contribution in [0.2, 0.25) is 0 Å². The number of azide groups is 1. The Morgan fingerprint density at radius 1 is 1.09 bits per heavy atom. The standard InChI is InChI=1S/C19H25N7O7/c1-7-25(8-2)17(27)13(21-22-20)9-12-10-14(26(30)31)16(33-19(29)24(5)6)15(11-12)32-18(28)23(3)4/h9-11H,7-8H2,1-6H3/b13-9-. The van der Waals surface area contributed by atoms with Crippen LogP contribution in [-0.2, 0) is 4.79 Å². The van der Waals surface area contributed by atoms with E-state index >= 15 is 0 Å². The molecule has 0 heterocycles. The molecule has 178 valence electrons. The fourth-order valence-electron chi connectivity index (χ4n) is 2.38. The fourth-order valence-corrected chi connectivity index (χ4v) is 2.38. The Balaban J connectivity index is 3.78. The van der Waals surface area contributed by atoms with Crippen LogP contribution in [-0.4, -0.2) is 79.0 Å². The van der Waals surface area contributed by atoms with Crippen molar-refractivity contribution in [3.8, 4) is 11.5 Å². The maximum Gasteiger partial charge on any atom is 0.415 e. The minimum absolute atomic E-state index is 0.00388. The second kappa shape index (κ2) is 11.9. The van der Waals surface area contributed by atoms with E-state index in [4.69, 9.17) is 15.0 Å². The normalized spacial score (nSPS) is 10.5. The Labute approximate surface area is 189 Å². The molecule has 14 heteroatoms. The average molecular weight is 463 g/mol. The summed E-state index contributed by atoms with van der Waals surface area (Å²) in [6.07, 6.45) is -0.741. The van der Waals surface area contributed by atoms with Crippen molar-refractivity contribution < 1.29 is 28.8 Å². The molecule has 0 aliphatic heterocycles. The highest BCUT2D eigenvalue weighted by Gasteiger charge is 2.28. The summed E-state index contributed by atoms with van der Waals surface area (Å²) in [6.45, 7) is 4.12. The number of ether oxygens (including phenoxy) is 2. The van der Waals surface area contributed by atoms with Gasteiger partial charge < -0.3 is 24.2 Å². The summed E-state index contributed by atoms with van der Waals surface area (Å²) in [4.78, 5) is 53.8. The molecule has 0 bridgehead atoms. The van der Waals surface area contributed by atoms with E-state index in [9.17, 15) is 24.5 Å². The molecule has 0 aliphatic rings. The van der Waals surface area contributed by atoms with Crippen LogP contribution in [0.3, 0.4) is 0 Å². The van der Waals surface area contributed by atoms with Gasteiger partial charge in [0.05, 0.1) is 4.92 Å². The predicted molar refractivity (Wildman–Crippen MR) is 118 cm³/mol. The molecule has 0 unspecified atom stereocenters. The second-order valence-corrected chi connectivity index (χ2v) is 6.85. The van der Waals surface area contributed by atoms with E-state index in [0.717, 1.165) is 28.0 Å². The zero-order valence-corrected chi connectivity index (χ0v) is 19.1.